The van der Waals surface area contributed by atoms with Gasteiger partial charge in [-0.2, -0.15) is 0 Å². The van der Waals surface area contributed by atoms with Gasteiger partial charge in [-0.25, -0.2) is 4.98 Å². The van der Waals surface area contributed by atoms with E-state index in [1.807, 2.05) is 35.9 Å². The summed E-state index contributed by atoms with van der Waals surface area (Å²) in [7, 11) is 0. The van der Waals surface area contributed by atoms with Crippen molar-refractivity contribution in [2.75, 3.05) is 5.32 Å². The Labute approximate surface area is 137 Å². The van der Waals surface area contributed by atoms with Gasteiger partial charge in [0.25, 0.3) is 0 Å². The minimum atomic E-state index is -0.190. The van der Waals surface area contributed by atoms with E-state index in [1.165, 1.54) is 0 Å². The summed E-state index contributed by atoms with van der Waals surface area (Å²) < 4.78 is 1.89. The standard InChI is InChI=1S/C16H13Cl2N3O/c1-10-5-6-21-9-11(19-14(21)7-10)8-15(22)20-13-4-2-3-12(17)16(13)18/h2-7,9H,8H2,1H3,(H,20,22). The van der Waals surface area contributed by atoms with Crippen molar-refractivity contribution in [1.82, 2.24) is 9.38 Å². The van der Waals surface area contributed by atoms with Gasteiger partial charge in [-0.1, -0.05) is 29.3 Å². The predicted molar refractivity (Wildman–Crippen MR) is 88.7 cm³/mol. The van der Waals surface area contributed by atoms with Crippen LogP contribution in [0.4, 0.5) is 5.69 Å². The first-order valence-corrected chi connectivity index (χ1v) is 7.46. The van der Waals surface area contributed by atoms with Crippen molar-refractivity contribution in [3.63, 3.8) is 0 Å². The minimum absolute atomic E-state index is 0.170. The Hall–Kier alpha value is -2.04. The average Bonchev–Trinajstić information content (AvgIpc) is 2.85. The Bertz CT molecular complexity index is 858. The SMILES string of the molecule is Cc1ccn2cc(CC(=O)Nc3cccc(Cl)c3Cl)nc2c1. The molecule has 0 spiro atoms. The van der Waals surface area contributed by atoms with Crippen molar-refractivity contribution in [2.45, 2.75) is 13.3 Å². The molecule has 112 valence electrons. The molecule has 3 rings (SSSR count). The van der Waals surface area contributed by atoms with Crippen LogP contribution in [0.5, 0.6) is 0 Å². The smallest absolute Gasteiger partial charge is 0.230 e. The Balaban J connectivity index is 1.76. The second-order valence-electron chi connectivity index (χ2n) is 5.03. The Kier molecular flexibility index (Phi) is 4.05. The third kappa shape index (κ3) is 3.08. The van der Waals surface area contributed by atoms with Crippen LogP contribution < -0.4 is 5.32 Å². The summed E-state index contributed by atoms with van der Waals surface area (Å²) in [5, 5.41) is 3.49. The van der Waals surface area contributed by atoms with Crippen LogP contribution in [-0.4, -0.2) is 15.3 Å². The van der Waals surface area contributed by atoms with E-state index >= 15 is 0 Å². The van der Waals surface area contributed by atoms with Crippen molar-refractivity contribution in [3.05, 3.63) is 64.0 Å². The molecule has 0 fully saturated rings. The highest BCUT2D eigenvalue weighted by atomic mass is 35.5. The number of benzene rings is 1. The fourth-order valence-corrected chi connectivity index (χ4v) is 2.53. The highest BCUT2D eigenvalue weighted by Gasteiger charge is 2.11. The predicted octanol–water partition coefficient (Wildman–Crippen LogP) is 4.13. The van der Waals surface area contributed by atoms with Gasteiger partial charge < -0.3 is 9.72 Å². The molecule has 0 aliphatic heterocycles. The van der Waals surface area contributed by atoms with Gasteiger partial charge in [0.05, 0.1) is 27.8 Å². The lowest BCUT2D eigenvalue weighted by atomic mass is 10.3. The fourth-order valence-electron chi connectivity index (χ4n) is 2.18. The van der Waals surface area contributed by atoms with E-state index in [1.54, 1.807) is 18.2 Å². The molecule has 0 aliphatic carbocycles. The van der Waals surface area contributed by atoms with E-state index in [4.69, 9.17) is 23.2 Å². The number of aromatic nitrogens is 2. The maximum absolute atomic E-state index is 12.1. The number of rotatable bonds is 3. The number of nitrogens with zero attached hydrogens (tertiary/aromatic N) is 2. The molecule has 4 nitrogen and oxygen atoms in total. The summed E-state index contributed by atoms with van der Waals surface area (Å²) in [6.07, 6.45) is 3.93. The van der Waals surface area contributed by atoms with Crippen LogP contribution in [0.2, 0.25) is 10.0 Å². The summed E-state index contributed by atoms with van der Waals surface area (Å²) in [6.45, 7) is 2.00. The molecule has 0 radical (unpaired) electrons. The molecule has 6 heteroatoms. The summed E-state index contributed by atoms with van der Waals surface area (Å²) in [6, 6.07) is 9.07. The van der Waals surface area contributed by atoms with E-state index < -0.39 is 0 Å². The molecule has 0 saturated heterocycles. The lowest BCUT2D eigenvalue weighted by Crippen LogP contribution is -2.14. The van der Waals surface area contributed by atoms with Crippen molar-refractivity contribution in [2.24, 2.45) is 0 Å². The normalized spacial score (nSPS) is 10.9. The maximum atomic E-state index is 12.1. The van der Waals surface area contributed by atoms with Gasteiger partial charge in [-0.15, -0.1) is 0 Å². The number of hydrogen-bond donors (Lipinski definition) is 1. The highest BCUT2D eigenvalue weighted by Crippen LogP contribution is 2.29. The van der Waals surface area contributed by atoms with Gasteiger partial charge in [0, 0.05) is 12.4 Å². The Morgan fingerprint density at radius 3 is 2.95 bits per heavy atom. The number of pyridine rings is 1. The van der Waals surface area contributed by atoms with Crippen LogP contribution in [0.1, 0.15) is 11.3 Å². The Morgan fingerprint density at radius 1 is 1.32 bits per heavy atom. The molecule has 22 heavy (non-hydrogen) atoms. The third-order valence-corrected chi connectivity index (χ3v) is 4.05. The Morgan fingerprint density at radius 2 is 2.14 bits per heavy atom. The number of carbonyl (C=O) groups excluding carboxylic acids is 1. The lowest BCUT2D eigenvalue weighted by molar-refractivity contribution is -0.115. The molecule has 0 bridgehead atoms. The van der Waals surface area contributed by atoms with Gasteiger partial charge in [-0.3, -0.25) is 4.79 Å². The topological polar surface area (TPSA) is 46.4 Å². The van der Waals surface area contributed by atoms with Gasteiger partial charge in [0.1, 0.15) is 5.65 Å². The summed E-state index contributed by atoms with van der Waals surface area (Å²) in [5.74, 6) is -0.190. The van der Waals surface area contributed by atoms with Crippen molar-refractivity contribution in [1.29, 1.82) is 0 Å². The molecule has 0 saturated carbocycles. The van der Waals surface area contributed by atoms with Gasteiger partial charge in [0.2, 0.25) is 5.91 Å². The third-order valence-electron chi connectivity index (χ3n) is 3.23. The van der Waals surface area contributed by atoms with Crippen LogP contribution in [0.15, 0.2) is 42.7 Å². The zero-order chi connectivity index (χ0) is 15.7. The number of imidazole rings is 1. The number of anilines is 1. The number of amides is 1. The second-order valence-corrected chi connectivity index (χ2v) is 5.81. The average molecular weight is 334 g/mol. The minimum Gasteiger partial charge on any atom is -0.324 e. The molecular formula is C16H13Cl2N3O. The van der Waals surface area contributed by atoms with E-state index in [9.17, 15) is 4.79 Å². The van der Waals surface area contributed by atoms with E-state index in [0.29, 0.717) is 21.4 Å². The summed E-state index contributed by atoms with van der Waals surface area (Å²) in [5.41, 5.74) is 3.14. The van der Waals surface area contributed by atoms with Crippen molar-refractivity contribution in [3.8, 4) is 0 Å². The molecule has 0 aliphatic rings. The first-order valence-electron chi connectivity index (χ1n) is 6.71. The van der Waals surface area contributed by atoms with E-state index in [2.05, 4.69) is 10.3 Å². The fraction of sp³-hybridized carbons (Fsp3) is 0.125. The number of hydrogen-bond acceptors (Lipinski definition) is 2. The first-order chi connectivity index (χ1) is 10.5. The number of aryl methyl sites for hydroxylation is 1. The van der Waals surface area contributed by atoms with Crippen molar-refractivity contribution < 1.29 is 4.79 Å². The molecule has 2 heterocycles. The van der Waals surface area contributed by atoms with Crippen LogP contribution in [0, 0.1) is 6.92 Å². The largest absolute Gasteiger partial charge is 0.324 e. The number of carbonyl (C=O) groups is 1. The zero-order valence-corrected chi connectivity index (χ0v) is 13.3. The van der Waals surface area contributed by atoms with Crippen LogP contribution in [0.3, 0.4) is 0 Å². The van der Waals surface area contributed by atoms with Gasteiger partial charge in [0.15, 0.2) is 0 Å². The highest BCUT2D eigenvalue weighted by molar-refractivity contribution is 6.43. The van der Waals surface area contributed by atoms with Gasteiger partial charge in [-0.05, 0) is 36.8 Å². The molecule has 0 unspecified atom stereocenters. The second kappa shape index (κ2) is 5.99. The molecule has 1 aromatic carbocycles. The van der Waals surface area contributed by atoms with Crippen LogP contribution in [-0.2, 0) is 11.2 Å². The maximum Gasteiger partial charge on any atom is 0.230 e. The summed E-state index contributed by atoms with van der Waals surface area (Å²) in [4.78, 5) is 16.6. The molecule has 0 atom stereocenters. The number of nitrogens with one attached hydrogen (secondary N) is 1. The monoisotopic (exact) mass is 333 g/mol. The van der Waals surface area contributed by atoms with E-state index in [0.717, 1.165) is 11.2 Å². The quantitative estimate of drug-likeness (QED) is 0.783. The lowest BCUT2D eigenvalue weighted by Gasteiger charge is -2.07. The molecule has 3 aromatic rings. The zero-order valence-electron chi connectivity index (χ0n) is 11.8. The van der Waals surface area contributed by atoms with Crippen LogP contribution in [0.25, 0.3) is 5.65 Å². The molecule has 1 N–H and O–H groups in total. The number of fused-ring (bicyclic) bond motifs is 1. The van der Waals surface area contributed by atoms with Crippen LogP contribution >= 0.6 is 23.2 Å². The van der Waals surface area contributed by atoms with Crippen molar-refractivity contribution >= 4 is 40.4 Å². The number of halogens is 2. The molecule has 1 amide bonds. The summed E-state index contributed by atoms with van der Waals surface area (Å²) >= 11 is 12.0. The first kappa shape index (κ1) is 14.9. The van der Waals surface area contributed by atoms with Gasteiger partial charge >= 0.3 is 0 Å². The van der Waals surface area contributed by atoms with E-state index in [-0.39, 0.29) is 12.3 Å². The molecular weight excluding hydrogens is 321 g/mol. The molecule has 2 aromatic heterocycles.